The van der Waals surface area contributed by atoms with Crippen molar-refractivity contribution in [3.63, 3.8) is 0 Å². The van der Waals surface area contributed by atoms with E-state index in [1.165, 1.54) is 0 Å². The van der Waals surface area contributed by atoms with Crippen molar-refractivity contribution < 1.29 is 4.79 Å². The Balaban J connectivity index is 3.23. The van der Waals surface area contributed by atoms with Crippen LogP contribution in [0.2, 0.25) is 0 Å². The zero-order valence-corrected chi connectivity index (χ0v) is 6.55. The fraction of sp³-hybridized carbons (Fsp3) is 0.111. The predicted molar refractivity (Wildman–Crippen MR) is 44.7 cm³/mol. The minimum absolute atomic E-state index is 0.269. The fourth-order valence-electron chi connectivity index (χ4n) is 0.792. The topological polar surface area (TPSA) is 49.9 Å². The molecular weight excluding hydrogens is 154 g/mol. The first-order valence-electron chi connectivity index (χ1n) is 3.38. The molecule has 1 heterocycles. The summed E-state index contributed by atoms with van der Waals surface area (Å²) in [6.07, 6.45) is 2.05. The Hall–Kier alpha value is -1.82. The first-order chi connectivity index (χ1) is 5.74. The third kappa shape index (κ3) is 1.83. The zero-order chi connectivity index (χ0) is 8.97. The third-order valence-electron chi connectivity index (χ3n) is 1.31. The van der Waals surface area contributed by atoms with Crippen molar-refractivity contribution >= 4 is 6.29 Å². The molecule has 1 aromatic heterocycles. The molecule has 0 bridgehead atoms. The van der Waals surface area contributed by atoms with Crippen LogP contribution in [0.1, 0.15) is 11.1 Å². The van der Waals surface area contributed by atoms with E-state index in [1.54, 1.807) is 12.3 Å². The van der Waals surface area contributed by atoms with Crippen LogP contribution in [0.25, 0.3) is 0 Å². The molecule has 3 nitrogen and oxygen atoms in total. The molecule has 0 aromatic carbocycles. The molecule has 12 heavy (non-hydrogen) atoms. The van der Waals surface area contributed by atoms with Gasteiger partial charge in [0, 0.05) is 6.20 Å². The number of H-pyrrole nitrogens is 1. The smallest absolute Gasteiger partial charge is 0.263 e. The Morgan fingerprint density at radius 3 is 3.00 bits per heavy atom. The van der Waals surface area contributed by atoms with E-state index < -0.39 is 0 Å². The van der Waals surface area contributed by atoms with Gasteiger partial charge < -0.3 is 4.98 Å². The van der Waals surface area contributed by atoms with E-state index in [9.17, 15) is 9.59 Å². The standard InChI is InChI=1S/C9H7NO2/c1-7-5-8(3-2-4-11)9(12)10-6-7/h4-6H,1H3,(H,10,12). The van der Waals surface area contributed by atoms with Crippen molar-refractivity contribution in [3.8, 4) is 11.8 Å². The molecule has 0 aliphatic rings. The lowest BCUT2D eigenvalue weighted by molar-refractivity contribution is -0.103. The number of aromatic nitrogens is 1. The summed E-state index contributed by atoms with van der Waals surface area (Å²) in [4.78, 5) is 23.4. The van der Waals surface area contributed by atoms with Gasteiger partial charge in [-0.05, 0) is 24.5 Å². The van der Waals surface area contributed by atoms with Gasteiger partial charge in [0.25, 0.3) is 5.56 Å². The Labute approximate surface area is 69.4 Å². The molecule has 0 saturated carbocycles. The molecule has 0 saturated heterocycles. The average molecular weight is 161 g/mol. The maximum atomic E-state index is 11.0. The van der Waals surface area contributed by atoms with E-state index >= 15 is 0 Å². The molecule has 0 aliphatic heterocycles. The summed E-state index contributed by atoms with van der Waals surface area (Å²) in [5.41, 5.74) is 0.960. The van der Waals surface area contributed by atoms with Crippen LogP contribution in [0.5, 0.6) is 0 Å². The quantitative estimate of drug-likeness (QED) is 0.437. The molecular formula is C9H7NO2. The van der Waals surface area contributed by atoms with Gasteiger partial charge in [-0.25, -0.2) is 0 Å². The second kappa shape index (κ2) is 3.54. The number of aldehydes is 1. The van der Waals surface area contributed by atoms with Crippen molar-refractivity contribution in [3.05, 3.63) is 33.7 Å². The number of carbonyl (C=O) groups is 1. The monoisotopic (exact) mass is 161 g/mol. The number of pyridine rings is 1. The van der Waals surface area contributed by atoms with Gasteiger partial charge in [0.1, 0.15) is 0 Å². The van der Waals surface area contributed by atoms with Gasteiger partial charge in [0.2, 0.25) is 0 Å². The average Bonchev–Trinajstić information content (AvgIpc) is 2.07. The van der Waals surface area contributed by atoms with E-state index in [0.29, 0.717) is 11.8 Å². The normalized spacial score (nSPS) is 8.42. The van der Waals surface area contributed by atoms with Gasteiger partial charge in [-0.15, -0.1) is 0 Å². The lowest BCUT2D eigenvalue weighted by Crippen LogP contribution is -2.09. The summed E-state index contributed by atoms with van der Waals surface area (Å²) in [6.45, 7) is 1.84. The Morgan fingerprint density at radius 2 is 2.33 bits per heavy atom. The van der Waals surface area contributed by atoms with Gasteiger partial charge in [-0.3, -0.25) is 9.59 Å². The number of rotatable bonds is 0. The van der Waals surface area contributed by atoms with Gasteiger partial charge in [-0.1, -0.05) is 5.92 Å². The van der Waals surface area contributed by atoms with Gasteiger partial charge >= 0.3 is 0 Å². The lowest BCUT2D eigenvalue weighted by atomic mass is 10.2. The summed E-state index contributed by atoms with van der Waals surface area (Å²) in [6, 6.07) is 1.63. The largest absolute Gasteiger partial charge is 0.328 e. The summed E-state index contributed by atoms with van der Waals surface area (Å²) >= 11 is 0. The van der Waals surface area contributed by atoms with Crippen LogP contribution in [0.15, 0.2) is 17.1 Å². The second-order valence-electron chi connectivity index (χ2n) is 2.31. The Bertz CT molecular complexity index is 407. The minimum Gasteiger partial charge on any atom is -0.328 e. The molecule has 0 amide bonds. The summed E-state index contributed by atoms with van der Waals surface area (Å²) in [7, 11) is 0. The SMILES string of the molecule is Cc1c[nH]c(=O)c(C#CC=O)c1. The number of aryl methyl sites for hydroxylation is 1. The molecule has 1 N–H and O–H groups in total. The van der Waals surface area contributed by atoms with Crippen LogP contribution in [-0.4, -0.2) is 11.3 Å². The molecule has 1 aromatic rings. The molecule has 0 fully saturated rings. The summed E-state index contributed by atoms with van der Waals surface area (Å²) in [5.74, 6) is 4.62. The van der Waals surface area contributed by atoms with Crippen LogP contribution in [0.3, 0.4) is 0 Å². The van der Waals surface area contributed by atoms with Gasteiger partial charge in [-0.2, -0.15) is 0 Å². The van der Waals surface area contributed by atoms with Crippen molar-refractivity contribution in [2.24, 2.45) is 0 Å². The molecule has 3 heteroatoms. The van der Waals surface area contributed by atoms with Crippen LogP contribution in [-0.2, 0) is 4.79 Å². The number of nitrogens with one attached hydrogen (secondary N) is 1. The number of carbonyl (C=O) groups excluding carboxylic acids is 1. The highest BCUT2D eigenvalue weighted by Gasteiger charge is 1.93. The molecule has 0 radical (unpaired) electrons. The molecule has 1 rings (SSSR count). The van der Waals surface area contributed by atoms with Crippen LogP contribution in [0, 0.1) is 18.8 Å². The fourth-order valence-corrected chi connectivity index (χ4v) is 0.792. The predicted octanol–water partition coefficient (Wildman–Crippen LogP) is 0.234. The van der Waals surface area contributed by atoms with E-state index in [2.05, 4.69) is 16.8 Å². The van der Waals surface area contributed by atoms with Crippen LogP contribution in [0.4, 0.5) is 0 Å². The maximum absolute atomic E-state index is 11.0. The first kappa shape index (κ1) is 8.28. The third-order valence-corrected chi connectivity index (χ3v) is 1.31. The highest BCUT2D eigenvalue weighted by molar-refractivity contribution is 5.73. The molecule has 0 spiro atoms. The zero-order valence-electron chi connectivity index (χ0n) is 6.55. The minimum atomic E-state index is -0.269. The van der Waals surface area contributed by atoms with E-state index in [0.717, 1.165) is 5.56 Å². The van der Waals surface area contributed by atoms with Crippen molar-refractivity contribution in [2.75, 3.05) is 0 Å². The van der Waals surface area contributed by atoms with Crippen LogP contribution < -0.4 is 5.56 Å². The van der Waals surface area contributed by atoms with Crippen molar-refractivity contribution in [1.82, 2.24) is 4.98 Å². The van der Waals surface area contributed by atoms with E-state index in [1.807, 2.05) is 6.92 Å². The maximum Gasteiger partial charge on any atom is 0.263 e. The van der Waals surface area contributed by atoms with Gasteiger partial charge in [0.05, 0.1) is 5.56 Å². The van der Waals surface area contributed by atoms with Gasteiger partial charge in [0.15, 0.2) is 6.29 Å². The van der Waals surface area contributed by atoms with Crippen LogP contribution >= 0.6 is 0 Å². The molecule has 0 unspecified atom stereocenters. The Kier molecular flexibility index (Phi) is 2.44. The summed E-state index contributed by atoms with van der Waals surface area (Å²) < 4.78 is 0. The first-order valence-corrected chi connectivity index (χ1v) is 3.38. The lowest BCUT2D eigenvalue weighted by Gasteiger charge is -1.90. The number of hydrogen-bond acceptors (Lipinski definition) is 2. The highest BCUT2D eigenvalue weighted by Crippen LogP contribution is 1.93. The summed E-state index contributed by atoms with van der Waals surface area (Å²) in [5, 5.41) is 0. The molecule has 0 aliphatic carbocycles. The Morgan fingerprint density at radius 1 is 1.58 bits per heavy atom. The second-order valence-corrected chi connectivity index (χ2v) is 2.31. The van der Waals surface area contributed by atoms with E-state index in [4.69, 9.17) is 0 Å². The van der Waals surface area contributed by atoms with E-state index in [-0.39, 0.29) is 5.56 Å². The molecule has 60 valence electrons. The highest BCUT2D eigenvalue weighted by atomic mass is 16.1. The number of aromatic amines is 1. The van der Waals surface area contributed by atoms with Crippen molar-refractivity contribution in [1.29, 1.82) is 0 Å². The van der Waals surface area contributed by atoms with Crippen molar-refractivity contribution in [2.45, 2.75) is 6.92 Å². The number of hydrogen-bond donors (Lipinski definition) is 1. The molecule has 0 atom stereocenters.